The van der Waals surface area contributed by atoms with Crippen molar-refractivity contribution in [2.24, 2.45) is 0 Å². The molecular weight excluding hydrogens is 430 g/mol. The topological polar surface area (TPSA) is 12.0 Å². The maximum Gasteiger partial charge on any atom is 0.435 e. The van der Waals surface area contributed by atoms with Gasteiger partial charge in [0.25, 0.3) is 0 Å². The van der Waals surface area contributed by atoms with Crippen molar-refractivity contribution in [3.05, 3.63) is 70.5 Å². The van der Waals surface area contributed by atoms with Crippen LogP contribution in [-0.4, -0.2) is 24.9 Å². The Balaban J connectivity index is 1.80. The molecule has 31 heavy (non-hydrogen) atoms. The van der Waals surface area contributed by atoms with E-state index < -0.39 is 34.8 Å². The van der Waals surface area contributed by atoms with Crippen LogP contribution in [0.4, 0.5) is 35.1 Å². The third kappa shape index (κ3) is 3.41. The van der Waals surface area contributed by atoms with E-state index >= 15 is 0 Å². The van der Waals surface area contributed by atoms with Crippen LogP contribution in [0.3, 0.4) is 0 Å². The van der Waals surface area contributed by atoms with Gasteiger partial charge in [-0.25, -0.2) is 8.78 Å². The fourth-order valence-corrected chi connectivity index (χ4v) is 5.10. The highest BCUT2D eigenvalue weighted by molar-refractivity contribution is 5.46. The van der Waals surface area contributed by atoms with Crippen LogP contribution in [0.5, 0.6) is 0 Å². The van der Waals surface area contributed by atoms with Crippen LogP contribution >= 0.6 is 0 Å². The average molecular weight is 449 g/mol. The Morgan fingerprint density at radius 1 is 0.903 bits per heavy atom. The van der Waals surface area contributed by atoms with Gasteiger partial charge in [0.2, 0.25) is 0 Å². The van der Waals surface area contributed by atoms with Crippen LogP contribution in [0.2, 0.25) is 0 Å². The van der Waals surface area contributed by atoms with Gasteiger partial charge in [-0.15, -0.1) is 0 Å². The van der Waals surface area contributed by atoms with Crippen molar-refractivity contribution in [3.63, 3.8) is 0 Å². The van der Waals surface area contributed by atoms with Crippen molar-refractivity contribution in [1.82, 2.24) is 5.32 Å². The van der Waals surface area contributed by atoms with Crippen molar-refractivity contribution in [1.29, 1.82) is 0 Å². The second-order valence-corrected chi connectivity index (χ2v) is 8.28. The Morgan fingerprint density at radius 3 is 2.16 bits per heavy atom. The first-order valence-electron chi connectivity index (χ1n) is 9.82. The van der Waals surface area contributed by atoms with Gasteiger partial charge >= 0.3 is 18.0 Å². The highest BCUT2D eigenvalue weighted by atomic mass is 19.4. The number of hydrogen-bond donors (Lipinski definition) is 1. The van der Waals surface area contributed by atoms with Crippen molar-refractivity contribution < 1.29 is 35.1 Å². The Morgan fingerprint density at radius 2 is 1.55 bits per heavy atom. The monoisotopic (exact) mass is 449 g/mol. The molecule has 0 radical (unpaired) electrons. The van der Waals surface area contributed by atoms with E-state index in [4.69, 9.17) is 0 Å². The van der Waals surface area contributed by atoms with Gasteiger partial charge in [-0.05, 0) is 61.1 Å². The molecule has 0 aromatic heterocycles. The van der Waals surface area contributed by atoms with E-state index in [0.717, 1.165) is 11.6 Å². The minimum atomic E-state index is -6.14. The number of nitrogens with one attached hydrogen (secondary N) is 1. The Hall–Kier alpha value is -2.16. The molecule has 1 nitrogen and oxygen atoms in total. The van der Waals surface area contributed by atoms with Crippen LogP contribution in [0.1, 0.15) is 35.1 Å². The molecule has 2 aromatic carbocycles. The lowest BCUT2D eigenvalue weighted by Gasteiger charge is -2.42. The molecular formula is C22H19F8N. The second-order valence-electron chi connectivity index (χ2n) is 8.28. The van der Waals surface area contributed by atoms with Gasteiger partial charge in [0, 0.05) is 17.0 Å². The number of fused-ring (bicyclic) bond motifs is 3. The molecule has 1 fully saturated rings. The summed E-state index contributed by atoms with van der Waals surface area (Å²) < 4.78 is 107. The van der Waals surface area contributed by atoms with E-state index in [0.29, 0.717) is 37.4 Å². The molecule has 0 bridgehead atoms. The molecule has 4 rings (SSSR count). The zero-order chi connectivity index (χ0) is 22.7. The number of aryl methyl sites for hydroxylation is 1. The summed E-state index contributed by atoms with van der Waals surface area (Å²) >= 11 is 0. The van der Waals surface area contributed by atoms with E-state index in [9.17, 15) is 35.1 Å². The lowest BCUT2D eigenvalue weighted by molar-refractivity contribution is -0.348. The van der Waals surface area contributed by atoms with Crippen molar-refractivity contribution in [2.75, 3.05) is 6.54 Å². The van der Waals surface area contributed by atoms with Crippen LogP contribution < -0.4 is 5.32 Å². The fourth-order valence-electron chi connectivity index (χ4n) is 5.10. The van der Waals surface area contributed by atoms with Gasteiger partial charge in [0.05, 0.1) is 0 Å². The quantitative estimate of drug-likeness (QED) is 0.575. The number of halogens is 8. The molecule has 1 saturated heterocycles. The Bertz CT molecular complexity index is 949. The molecule has 2 atom stereocenters. The Kier molecular flexibility index (Phi) is 5.11. The van der Waals surface area contributed by atoms with Crippen LogP contribution in [0.15, 0.2) is 42.5 Å². The standard InChI is InChI=1S/C22H19F8N/c23-16-5-1-13(2-6-16)12-19-9-10-31-18(19)8-3-14-11-15(4-7-17(14)19)20(24,21(25,26)27)22(28,29)30/h1-2,4-7,11,18,31H,3,8-10,12H2/t18-,19-/m1/s1. The van der Waals surface area contributed by atoms with Gasteiger partial charge in [-0.1, -0.05) is 30.3 Å². The van der Waals surface area contributed by atoms with Crippen molar-refractivity contribution in [2.45, 2.75) is 55.2 Å². The molecule has 1 N–H and O–H groups in total. The van der Waals surface area contributed by atoms with Crippen molar-refractivity contribution in [3.8, 4) is 0 Å². The molecule has 9 heteroatoms. The molecule has 0 amide bonds. The predicted molar refractivity (Wildman–Crippen MR) is 97.8 cm³/mol. The summed E-state index contributed by atoms with van der Waals surface area (Å²) in [4.78, 5) is 0. The normalized spacial score (nSPS) is 24.1. The molecule has 0 spiro atoms. The molecule has 168 valence electrons. The zero-order valence-corrected chi connectivity index (χ0v) is 16.2. The highest BCUT2D eigenvalue weighted by Crippen LogP contribution is 2.54. The minimum Gasteiger partial charge on any atom is -0.313 e. The summed E-state index contributed by atoms with van der Waals surface area (Å²) in [6.45, 7) is 0.630. The van der Waals surface area contributed by atoms with Gasteiger partial charge in [-0.3, -0.25) is 0 Å². The van der Waals surface area contributed by atoms with Crippen LogP contribution in [0.25, 0.3) is 0 Å². The van der Waals surface area contributed by atoms with E-state index in [-0.39, 0.29) is 18.0 Å². The smallest absolute Gasteiger partial charge is 0.313 e. The second kappa shape index (κ2) is 7.18. The summed E-state index contributed by atoms with van der Waals surface area (Å²) in [7, 11) is 0. The highest BCUT2D eigenvalue weighted by Gasteiger charge is 2.73. The molecule has 1 aliphatic heterocycles. The summed E-state index contributed by atoms with van der Waals surface area (Å²) in [6, 6.07) is 8.34. The lowest BCUT2D eigenvalue weighted by Crippen LogP contribution is -2.51. The first-order valence-corrected chi connectivity index (χ1v) is 9.82. The van der Waals surface area contributed by atoms with Gasteiger partial charge < -0.3 is 5.32 Å². The minimum absolute atomic E-state index is 0.0312. The van der Waals surface area contributed by atoms with Crippen LogP contribution in [-0.2, 0) is 23.9 Å². The number of alkyl halides is 7. The first-order chi connectivity index (χ1) is 14.4. The number of rotatable bonds is 3. The molecule has 1 heterocycles. The van der Waals surface area contributed by atoms with E-state index in [1.54, 1.807) is 12.1 Å². The fraction of sp³-hybridized carbons (Fsp3) is 0.455. The number of benzene rings is 2. The molecule has 1 aliphatic carbocycles. The maximum absolute atomic E-state index is 14.6. The van der Waals surface area contributed by atoms with E-state index in [1.165, 1.54) is 18.2 Å². The van der Waals surface area contributed by atoms with Crippen molar-refractivity contribution >= 4 is 0 Å². The summed E-state index contributed by atoms with van der Waals surface area (Å²) in [5, 5.41) is 3.36. The lowest BCUT2D eigenvalue weighted by atomic mass is 9.63. The third-order valence-electron chi connectivity index (χ3n) is 6.58. The van der Waals surface area contributed by atoms with Gasteiger partial charge in [0.15, 0.2) is 0 Å². The first kappa shape index (κ1) is 22.0. The zero-order valence-electron chi connectivity index (χ0n) is 16.2. The van der Waals surface area contributed by atoms with Gasteiger partial charge in [0.1, 0.15) is 5.82 Å². The largest absolute Gasteiger partial charge is 0.435 e. The van der Waals surface area contributed by atoms with Crippen LogP contribution in [0, 0.1) is 5.82 Å². The molecule has 2 aliphatic rings. The maximum atomic E-state index is 14.6. The summed E-state index contributed by atoms with van der Waals surface area (Å²) in [5.74, 6) is -0.408. The summed E-state index contributed by atoms with van der Waals surface area (Å²) in [5.41, 5.74) is -5.75. The molecule has 0 saturated carbocycles. The SMILES string of the molecule is Fc1ccc(C[C@@]23CCN[C@@H]2CCc2cc(C(F)(C(F)(F)F)C(F)(F)F)ccc23)cc1. The van der Waals surface area contributed by atoms with E-state index in [1.807, 2.05) is 0 Å². The third-order valence-corrected chi connectivity index (χ3v) is 6.58. The average Bonchev–Trinajstić information content (AvgIpc) is 3.10. The Labute approximate surface area is 173 Å². The van der Waals surface area contributed by atoms with E-state index in [2.05, 4.69) is 5.32 Å². The summed E-state index contributed by atoms with van der Waals surface area (Å²) in [6.07, 6.45) is -10.5. The van der Waals surface area contributed by atoms with Gasteiger partial charge in [-0.2, -0.15) is 26.3 Å². The predicted octanol–water partition coefficient (Wildman–Crippen LogP) is 5.90. The molecule has 2 aromatic rings. The number of hydrogen-bond acceptors (Lipinski definition) is 1. The molecule has 0 unspecified atom stereocenters.